The van der Waals surface area contributed by atoms with Crippen LogP contribution in [0.25, 0.3) is 17.3 Å². The van der Waals surface area contributed by atoms with Crippen molar-refractivity contribution in [1.82, 2.24) is 9.97 Å². The number of sulfonamides is 1. The summed E-state index contributed by atoms with van der Waals surface area (Å²) in [6.07, 6.45) is 1.36. The highest BCUT2D eigenvalue weighted by atomic mass is 32.2. The lowest BCUT2D eigenvalue weighted by Gasteiger charge is -2.21. The van der Waals surface area contributed by atoms with Crippen LogP contribution in [0.2, 0.25) is 0 Å². The number of nitrogens with zero attached hydrogens (tertiary/aromatic N) is 2. The lowest BCUT2D eigenvalue weighted by atomic mass is 9.97. The van der Waals surface area contributed by atoms with E-state index in [-0.39, 0.29) is 24.7 Å². The van der Waals surface area contributed by atoms with Gasteiger partial charge in [0.25, 0.3) is 0 Å². The molecule has 198 valence electrons. The van der Waals surface area contributed by atoms with E-state index in [4.69, 9.17) is 4.74 Å². The van der Waals surface area contributed by atoms with Crippen LogP contribution in [0.1, 0.15) is 64.6 Å². The van der Waals surface area contributed by atoms with Crippen molar-refractivity contribution < 1.29 is 32.6 Å². The second-order valence-corrected chi connectivity index (χ2v) is 11.6. The van der Waals surface area contributed by atoms with Crippen molar-refractivity contribution in [2.24, 2.45) is 0 Å². The van der Waals surface area contributed by atoms with Crippen molar-refractivity contribution >= 4 is 28.0 Å². The molecule has 2 rings (SSSR count). The summed E-state index contributed by atoms with van der Waals surface area (Å²) in [6.45, 7) is 8.88. The van der Waals surface area contributed by atoms with Crippen molar-refractivity contribution in [3.63, 3.8) is 0 Å². The van der Waals surface area contributed by atoms with Crippen LogP contribution in [0.15, 0.2) is 30.3 Å². The molecule has 0 aliphatic heterocycles. The number of nitrogens with one attached hydrogen (secondary N) is 1. The Morgan fingerprint density at radius 2 is 1.78 bits per heavy atom. The van der Waals surface area contributed by atoms with Crippen LogP contribution in [-0.2, 0) is 19.6 Å². The summed E-state index contributed by atoms with van der Waals surface area (Å²) in [7, 11) is -3.66. The Morgan fingerprint density at radius 3 is 2.31 bits per heavy atom. The molecule has 0 fully saturated rings. The molecule has 11 heteroatoms. The molecule has 0 bridgehead atoms. The van der Waals surface area contributed by atoms with E-state index < -0.39 is 39.6 Å². The Hall–Kier alpha value is -2.89. The zero-order valence-corrected chi connectivity index (χ0v) is 22.1. The van der Waals surface area contributed by atoms with Crippen molar-refractivity contribution in [3.05, 3.63) is 47.4 Å². The maximum atomic E-state index is 13.5. The van der Waals surface area contributed by atoms with Gasteiger partial charge >= 0.3 is 5.97 Å². The summed E-state index contributed by atoms with van der Waals surface area (Å²) in [5.41, 5.74) is 1.15. The van der Waals surface area contributed by atoms with Gasteiger partial charge in [-0.1, -0.05) is 26.0 Å². The van der Waals surface area contributed by atoms with Gasteiger partial charge in [-0.25, -0.2) is 22.8 Å². The van der Waals surface area contributed by atoms with Crippen LogP contribution in [0.3, 0.4) is 0 Å². The Labute approximate surface area is 211 Å². The summed E-state index contributed by atoms with van der Waals surface area (Å²) in [5, 5.41) is 20.7. The summed E-state index contributed by atoms with van der Waals surface area (Å²) in [5.74, 6) is -1.32. The van der Waals surface area contributed by atoms with E-state index in [2.05, 4.69) is 14.7 Å². The van der Waals surface area contributed by atoms with E-state index in [9.17, 15) is 27.8 Å². The van der Waals surface area contributed by atoms with Gasteiger partial charge in [0.15, 0.2) is 0 Å². The van der Waals surface area contributed by atoms with E-state index >= 15 is 0 Å². The van der Waals surface area contributed by atoms with Gasteiger partial charge in [-0.3, -0.25) is 9.52 Å². The third-order valence-electron chi connectivity index (χ3n) is 4.74. The molecule has 0 aliphatic rings. The van der Waals surface area contributed by atoms with Crippen molar-refractivity contribution in [3.8, 4) is 11.3 Å². The highest BCUT2D eigenvalue weighted by Gasteiger charge is 2.22. The summed E-state index contributed by atoms with van der Waals surface area (Å²) >= 11 is 0. The van der Waals surface area contributed by atoms with E-state index in [0.29, 0.717) is 22.5 Å². The number of benzene rings is 1. The van der Waals surface area contributed by atoms with Crippen LogP contribution < -0.4 is 4.72 Å². The fourth-order valence-corrected chi connectivity index (χ4v) is 3.78. The minimum atomic E-state index is -3.66. The Balaban J connectivity index is 2.40. The van der Waals surface area contributed by atoms with Gasteiger partial charge in [-0.05, 0) is 51.0 Å². The maximum absolute atomic E-state index is 13.5. The predicted molar refractivity (Wildman–Crippen MR) is 136 cm³/mol. The zero-order chi connectivity index (χ0) is 27.3. The molecule has 1 aromatic heterocycles. The van der Waals surface area contributed by atoms with Gasteiger partial charge in [0.1, 0.15) is 11.4 Å². The Kier molecular flexibility index (Phi) is 9.70. The quantitative estimate of drug-likeness (QED) is 0.401. The molecule has 2 atom stereocenters. The Bertz CT molecular complexity index is 1190. The van der Waals surface area contributed by atoms with Gasteiger partial charge in [-0.15, -0.1) is 0 Å². The third-order valence-corrected chi connectivity index (χ3v) is 5.29. The molecular weight excluding hydrogens is 489 g/mol. The number of aliphatic hydroxyl groups excluding tert-OH is 2. The topological polar surface area (TPSA) is 139 Å². The first kappa shape index (κ1) is 29.3. The van der Waals surface area contributed by atoms with Gasteiger partial charge in [0.05, 0.1) is 36.3 Å². The third kappa shape index (κ3) is 9.63. The molecule has 1 aromatic carbocycles. The number of carbonyl (C=O) groups is 1. The molecule has 2 aromatic rings. The lowest BCUT2D eigenvalue weighted by molar-refractivity contribution is -0.157. The van der Waals surface area contributed by atoms with E-state index in [1.54, 1.807) is 26.8 Å². The molecule has 0 spiro atoms. The van der Waals surface area contributed by atoms with E-state index in [0.717, 1.165) is 6.26 Å². The molecule has 0 saturated heterocycles. The maximum Gasteiger partial charge on any atom is 0.308 e. The summed E-state index contributed by atoms with van der Waals surface area (Å²) < 4.78 is 44.6. The van der Waals surface area contributed by atoms with Gasteiger partial charge in [0, 0.05) is 17.5 Å². The fourth-order valence-electron chi connectivity index (χ4n) is 3.35. The van der Waals surface area contributed by atoms with Crippen molar-refractivity contribution in [2.45, 2.75) is 71.2 Å². The highest BCUT2D eigenvalue weighted by Crippen LogP contribution is 2.31. The molecule has 0 amide bonds. The molecule has 36 heavy (non-hydrogen) atoms. The molecule has 1 heterocycles. The van der Waals surface area contributed by atoms with Crippen LogP contribution in [0.5, 0.6) is 0 Å². The SMILES string of the molecule is CC(C)c1nc(NS(C)(=O)=O)nc(-c2ccc(F)cc2)c1C=CC(O)CC(O)CC(=O)OC(C)(C)C. The van der Waals surface area contributed by atoms with Crippen molar-refractivity contribution in [2.75, 3.05) is 11.0 Å². The Morgan fingerprint density at radius 1 is 1.17 bits per heavy atom. The monoisotopic (exact) mass is 523 g/mol. The molecule has 9 nitrogen and oxygen atoms in total. The van der Waals surface area contributed by atoms with Gasteiger partial charge in [0.2, 0.25) is 16.0 Å². The van der Waals surface area contributed by atoms with Gasteiger partial charge in [-0.2, -0.15) is 0 Å². The van der Waals surface area contributed by atoms with E-state index in [1.165, 1.54) is 30.3 Å². The molecule has 3 N–H and O–H groups in total. The summed E-state index contributed by atoms with van der Waals surface area (Å²) in [4.78, 5) is 20.6. The highest BCUT2D eigenvalue weighted by molar-refractivity contribution is 7.91. The average molecular weight is 524 g/mol. The molecule has 0 radical (unpaired) electrons. The minimum Gasteiger partial charge on any atom is -0.460 e. The average Bonchev–Trinajstić information content (AvgIpc) is 2.69. The summed E-state index contributed by atoms with van der Waals surface area (Å²) in [6, 6.07) is 5.52. The van der Waals surface area contributed by atoms with Crippen LogP contribution in [0.4, 0.5) is 10.3 Å². The zero-order valence-electron chi connectivity index (χ0n) is 21.3. The number of hydrogen-bond acceptors (Lipinski definition) is 8. The van der Waals surface area contributed by atoms with Crippen LogP contribution >= 0.6 is 0 Å². The number of anilines is 1. The van der Waals surface area contributed by atoms with Gasteiger partial charge < -0.3 is 14.9 Å². The first-order valence-electron chi connectivity index (χ1n) is 11.5. The number of aromatic nitrogens is 2. The van der Waals surface area contributed by atoms with Crippen LogP contribution in [-0.4, -0.2) is 58.6 Å². The largest absolute Gasteiger partial charge is 0.460 e. The first-order chi connectivity index (χ1) is 16.5. The second-order valence-electron chi connectivity index (χ2n) is 9.84. The normalized spacial score (nSPS) is 14.2. The number of rotatable bonds is 10. The second kappa shape index (κ2) is 11.9. The lowest BCUT2D eigenvalue weighted by Crippen LogP contribution is -2.27. The number of halogens is 1. The number of esters is 1. The smallest absolute Gasteiger partial charge is 0.308 e. The number of ether oxygens (including phenoxy) is 1. The number of aliphatic hydroxyl groups is 2. The standard InChI is InChI=1S/C25H34FN3O6S/c1-15(2)22-20(12-11-18(30)13-19(31)14-21(32)35-25(3,4)5)23(16-7-9-17(26)10-8-16)28-24(27-22)29-36(6,33)34/h7-12,15,18-19,30-31H,13-14H2,1-6H3,(H,27,28,29). The molecule has 0 saturated carbocycles. The molecule has 0 aliphatic carbocycles. The minimum absolute atomic E-state index is 0.118. The predicted octanol–water partition coefficient (Wildman–Crippen LogP) is 3.63. The fraction of sp³-hybridized carbons (Fsp3) is 0.480. The molecular formula is C25H34FN3O6S. The first-order valence-corrected chi connectivity index (χ1v) is 13.3. The van der Waals surface area contributed by atoms with Crippen LogP contribution in [0, 0.1) is 5.82 Å². The molecule has 2 unspecified atom stereocenters. The number of carbonyl (C=O) groups excluding carboxylic acids is 1. The van der Waals surface area contributed by atoms with Crippen molar-refractivity contribution in [1.29, 1.82) is 0 Å². The number of hydrogen-bond donors (Lipinski definition) is 3. The van der Waals surface area contributed by atoms with E-state index in [1.807, 2.05) is 13.8 Å².